The van der Waals surface area contributed by atoms with E-state index in [1.807, 2.05) is 56.4 Å². The predicted molar refractivity (Wildman–Crippen MR) is 77.5 cm³/mol. The van der Waals surface area contributed by atoms with Crippen LogP contribution in [-0.4, -0.2) is 17.8 Å². The summed E-state index contributed by atoms with van der Waals surface area (Å²) < 4.78 is 0. The van der Waals surface area contributed by atoms with Gasteiger partial charge in [-0.1, -0.05) is 6.07 Å². The number of rotatable bonds is 4. The zero-order valence-corrected chi connectivity index (χ0v) is 11.6. The van der Waals surface area contributed by atoms with Gasteiger partial charge in [-0.25, -0.2) is 0 Å². The molecule has 0 saturated heterocycles. The molecule has 1 heterocycles. The summed E-state index contributed by atoms with van der Waals surface area (Å²) in [6.45, 7) is 4.32. The van der Waals surface area contributed by atoms with E-state index < -0.39 is 0 Å². The van der Waals surface area contributed by atoms with E-state index in [4.69, 9.17) is 0 Å². The molecule has 0 spiro atoms. The van der Waals surface area contributed by atoms with Crippen LogP contribution in [0.5, 0.6) is 0 Å². The molecular formula is C16H18N2O. The molecule has 0 saturated carbocycles. The van der Waals surface area contributed by atoms with Crippen molar-refractivity contribution >= 4 is 11.5 Å². The van der Waals surface area contributed by atoms with Crippen molar-refractivity contribution in [3.8, 4) is 0 Å². The molecule has 1 aromatic heterocycles. The van der Waals surface area contributed by atoms with Gasteiger partial charge in [0.15, 0.2) is 5.78 Å². The number of ketones is 1. The zero-order chi connectivity index (χ0) is 13.8. The second-order valence-corrected chi connectivity index (χ2v) is 4.73. The topological polar surface area (TPSA) is 33.2 Å². The van der Waals surface area contributed by atoms with Crippen LogP contribution >= 0.6 is 0 Å². The second kappa shape index (κ2) is 5.65. The lowest BCUT2D eigenvalue weighted by atomic mass is 10.1. The standard InChI is InChI=1S/C16H18N2O/c1-12-5-4-6-15(17-12)11-18(3)16-9-7-14(8-10-16)13(2)19/h4-10H,11H2,1-3H3. The van der Waals surface area contributed by atoms with E-state index in [-0.39, 0.29) is 5.78 Å². The van der Waals surface area contributed by atoms with E-state index in [1.54, 1.807) is 6.92 Å². The van der Waals surface area contributed by atoms with Crippen LogP contribution in [0.25, 0.3) is 0 Å². The number of nitrogens with zero attached hydrogens (tertiary/aromatic N) is 2. The normalized spacial score (nSPS) is 10.3. The van der Waals surface area contributed by atoms with Gasteiger partial charge in [-0.2, -0.15) is 0 Å². The van der Waals surface area contributed by atoms with Crippen molar-refractivity contribution in [2.24, 2.45) is 0 Å². The first-order valence-corrected chi connectivity index (χ1v) is 6.31. The van der Waals surface area contributed by atoms with Crippen LogP contribution in [0.2, 0.25) is 0 Å². The second-order valence-electron chi connectivity index (χ2n) is 4.73. The summed E-state index contributed by atoms with van der Waals surface area (Å²) in [6.07, 6.45) is 0. The smallest absolute Gasteiger partial charge is 0.159 e. The van der Waals surface area contributed by atoms with E-state index in [0.29, 0.717) is 0 Å². The Labute approximate surface area is 113 Å². The highest BCUT2D eigenvalue weighted by Gasteiger charge is 2.05. The fraction of sp³-hybridized carbons (Fsp3) is 0.250. The van der Waals surface area contributed by atoms with Crippen LogP contribution in [0.15, 0.2) is 42.5 Å². The highest BCUT2D eigenvalue weighted by molar-refractivity contribution is 5.94. The molecule has 19 heavy (non-hydrogen) atoms. The van der Waals surface area contributed by atoms with E-state index in [9.17, 15) is 4.79 Å². The van der Waals surface area contributed by atoms with Crippen LogP contribution in [0.1, 0.15) is 28.7 Å². The maximum Gasteiger partial charge on any atom is 0.159 e. The van der Waals surface area contributed by atoms with Crippen molar-refractivity contribution in [1.29, 1.82) is 0 Å². The average molecular weight is 254 g/mol. The molecule has 0 bridgehead atoms. The van der Waals surface area contributed by atoms with Gasteiger partial charge in [0.05, 0.1) is 12.2 Å². The van der Waals surface area contributed by atoms with Crippen LogP contribution in [0, 0.1) is 6.92 Å². The molecule has 0 N–H and O–H groups in total. The van der Waals surface area contributed by atoms with Gasteiger partial charge in [-0.15, -0.1) is 0 Å². The lowest BCUT2D eigenvalue weighted by molar-refractivity contribution is 0.101. The van der Waals surface area contributed by atoms with E-state index in [2.05, 4.69) is 9.88 Å². The highest BCUT2D eigenvalue weighted by Crippen LogP contribution is 2.16. The maximum atomic E-state index is 11.2. The minimum atomic E-state index is 0.0922. The molecule has 3 nitrogen and oxygen atoms in total. The Morgan fingerprint density at radius 1 is 1.16 bits per heavy atom. The number of benzene rings is 1. The Kier molecular flexibility index (Phi) is 3.95. The van der Waals surface area contributed by atoms with E-state index in [0.717, 1.165) is 29.2 Å². The molecule has 1 aromatic carbocycles. The Morgan fingerprint density at radius 3 is 2.42 bits per heavy atom. The van der Waals surface area contributed by atoms with E-state index in [1.165, 1.54) is 0 Å². The van der Waals surface area contributed by atoms with Crippen molar-refractivity contribution in [3.63, 3.8) is 0 Å². The number of hydrogen-bond acceptors (Lipinski definition) is 3. The zero-order valence-electron chi connectivity index (χ0n) is 11.6. The summed E-state index contributed by atoms with van der Waals surface area (Å²) in [6, 6.07) is 13.7. The van der Waals surface area contributed by atoms with Gasteiger partial charge in [0.2, 0.25) is 0 Å². The number of aromatic nitrogens is 1. The van der Waals surface area contributed by atoms with Crippen molar-refractivity contribution < 1.29 is 4.79 Å². The third kappa shape index (κ3) is 3.41. The minimum Gasteiger partial charge on any atom is -0.369 e. The Hall–Kier alpha value is -2.16. The average Bonchev–Trinajstić information content (AvgIpc) is 2.39. The largest absolute Gasteiger partial charge is 0.369 e. The first-order valence-electron chi connectivity index (χ1n) is 6.31. The van der Waals surface area contributed by atoms with Gasteiger partial charge in [-0.3, -0.25) is 9.78 Å². The monoisotopic (exact) mass is 254 g/mol. The summed E-state index contributed by atoms with van der Waals surface area (Å²) in [7, 11) is 2.02. The molecule has 2 aromatic rings. The molecule has 2 rings (SSSR count). The Morgan fingerprint density at radius 2 is 1.84 bits per heavy atom. The fourth-order valence-electron chi connectivity index (χ4n) is 1.97. The van der Waals surface area contributed by atoms with Crippen molar-refractivity contribution in [2.75, 3.05) is 11.9 Å². The fourth-order valence-corrected chi connectivity index (χ4v) is 1.97. The third-order valence-corrected chi connectivity index (χ3v) is 3.06. The summed E-state index contributed by atoms with van der Waals surface area (Å²) >= 11 is 0. The number of Topliss-reactive ketones (excluding diaryl/α,β-unsaturated/α-hetero) is 1. The molecule has 0 aliphatic rings. The van der Waals surface area contributed by atoms with E-state index >= 15 is 0 Å². The summed E-state index contributed by atoms with van der Waals surface area (Å²) in [4.78, 5) is 17.8. The number of carbonyl (C=O) groups excluding carboxylic acids is 1. The first-order chi connectivity index (χ1) is 9.06. The number of aryl methyl sites for hydroxylation is 1. The Bertz CT molecular complexity index is 576. The summed E-state index contributed by atoms with van der Waals surface area (Å²) in [5.74, 6) is 0.0922. The van der Waals surface area contributed by atoms with Gasteiger partial charge >= 0.3 is 0 Å². The van der Waals surface area contributed by atoms with Crippen molar-refractivity contribution in [2.45, 2.75) is 20.4 Å². The maximum absolute atomic E-state index is 11.2. The number of carbonyl (C=O) groups is 1. The molecule has 0 aliphatic carbocycles. The quantitative estimate of drug-likeness (QED) is 0.785. The molecule has 0 fully saturated rings. The number of pyridine rings is 1. The molecule has 0 amide bonds. The molecule has 0 atom stereocenters. The Balaban J connectivity index is 2.11. The molecule has 3 heteroatoms. The third-order valence-electron chi connectivity index (χ3n) is 3.06. The molecular weight excluding hydrogens is 236 g/mol. The highest BCUT2D eigenvalue weighted by atomic mass is 16.1. The van der Waals surface area contributed by atoms with Gasteiger partial charge in [0.25, 0.3) is 0 Å². The lowest BCUT2D eigenvalue weighted by Gasteiger charge is -2.19. The predicted octanol–water partition coefficient (Wildman–Crippen LogP) is 3.23. The minimum absolute atomic E-state index is 0.0922. The first kappa shape index (κ1) is 13.3. The molecule has 0 aliphatic heterocycles. The molecule has 98 valence electrons. The van der Waals surface area contributed by atoms with Crippen LogP contribution < -0.4 is 4.90 Å². The van der Waals surface area contributed by atoms with Crippen LogP contribution in [0.4, 0.5) is 5.69 Å². The SMILES string of the molecule is CC(=O)c1ccc(N(C)Cc2cccc(C)n2)cc1. The van der Waals surface area contributed by atoms with Crippen LogP contribution in [0.3, 0.4) is 0 Å². The summed E-state index contributed by atoms with van der Waals surface area (Å²) in [5.41, 5.74) is 3.88. The number of anilines is 1. The van der Waals surface area contributed by atoms with Gasteiger partial charge < -0.3 is 4.90 Å². The van der Waals surface area contributed by atoms with Crippen molar-refractivity contribution in [3.05, 3.63) is 59.4 Å². The molecule has 0 unspecified atom stereocenters. The van der Waals surface area contributed by atoms with Gasteiger partial charge in [0.1, 0.15) is 0 Å². The number of hydrogen-bond donors (Lipinski definition) is 0. The van der Waals surface area contributed by atoms with Gasteiger partial charge in [0, 0.05) is 24.0 Å². The lowest BCUT2D eigenvalue weighted by Crippen LogP contribution is -2.17. The molecule has 0 radical (unpaired) electrons. The van der Waals surface area contributed by atoms with Gasteiger partial charge in [-0.05, 0) is 50.2 Å². The van der Waals surface area contributed by atoms with Crippen molar-refractivity contribution in [1.82, 2.24) is 4.98 Å². The van der Waals surface area contributed by atoms with Crippen LogP contribution in [-0.2, 0) is 6.54 Å². The summed E-state index contributed by atoms with van der Waals surface area (Å²) in [5, 5.41) is 0.